The smallest absolute Gasteiger partial charge is 0.229 e. The molecule has 4 rings (SSSR count). The fourth-order valence-corrected chi connectivity index (χ4v) is 2.75. The first kappa shape index (κ1) is 16.5. The van der Waals surface area contributed by atoms with Gasteiger partial charge in [-0.3, -0.25) is 0 Å². The number of aryl methyl sites for hydroxylation is 1. The maximum atomic E-state index is 5.92. The molecule has 0 fully saturated rings. The number of halogens is 1. The Morgan fingerprint density at radius 3 is 2.38 bits per heavy atom. The van der Waals surface area contributed by atoms with Crippen LogP contribution >= 0.6 is 11.6 Å². The lowest BCUT2D eigenvalue weighted by Crippen LogP contribution is -2.15. The molecular formula is C19H17ClN4O2. The molecule has 1 aliphatic heterocycles. The Labute approximate surface area is 156 Å². The Morgan fingerprint density at radius 1 is 0.846 bits per heavy atom. The van der Waals surface area contributed by atoms with Crippen LogP contribution in [0.3, 0.4) is 0 Å². The Bertz CT molecular complexity index is 931. The van der Waals surface area contributed by atoms with E-state index in [-0.39, 0.29) is 0 Å². The van der Waals surface area contributed by atoms with Crippen LogP contribution in [0.5, 0.6) is 11.5 Å². The number of rotatable bonds is 4. The van der Waals surface area contributed by atoms with Gasteiger partial charge in [0.2, 0.25) is 5.95 Å². The van der Waals surface area contributed by atoms with Crippen LogP contribution in [0.25, 0.3) is 0 Å². The Balaban J connectivity index is 1.55. The zero-order valence-corrected chi connectivity index (χ0v) is 14.9. The molecule has 0 unspecified atom stereocenters. The van der Waals surface area contributed by atoms with Crippen LogP contribution in [0.2, 0.25) is 5.02 Å². The lowest BCUT2D eigenvalue weighted by atomic mass is 10.2. The van der Waals surface area contributed by atoms with E-state index < -0.39 is 0 Å². The molecule has 2 N–H and O–H groups in total. The fourth-order valence-electron chi connectivity index (χ4n) is 2.62. The van der Waals surface area contributed by atoms with Crippen molar-refractivity contribution >= 4 is 34.7 Å². The number of aromatic nitrogens is 2. The summed E-state index contributed by atoms with van der Waals surface area (Å²) in [5, 5.41) is 7.16. The number of hydrogen-bond donors (Lipinski definition) is 2. The van der Waals surface area contributed by atoms with Crippen LogP contribution < -0.4 is 20.1 Å². The van der Waals surface area contributed by atoms with Gasteiger partial charge >= 0.3 is 0 Å². The largest absolute Gasteiger partial charge is 0.486 e. The van der Waals surface area contributed by atoms with Gasteiger partial charge in [0.15, 0.2) is 11.5 Å². The molecule has 0 saturated heterocycles. The lowest BCUT2D eigenvalue weighted by molar-refractivity contribution is 0.171. The van der Waals surface area contributed by atoms with Crippen LogP contribution in [-0.4, -0.2) is 23.2 Å². The maximum absolute atomic E-state index is 5.92. The van der Waals surface area contributed by atoms with Gasteiger partial charge in [0.25, 0.3) is 0 Å². The molecule has 0 atom stereocenters. The van der Waals surface area contributed by atoms with Crippen LogP contribution in [0, 0.1) is 6.92 Å². The molecule has 0 saturated carbocycles. The second-order valence-corrected chi connectivity index (χ2v) is 6.27. The van der Waals surface area contributed by atoms with Crippen LogP contribution in [0.4, 0.5) is 23.1 Å². The molecule has 0 amide bonds. The van der Waals surface area contributed by atoms with Crippen molar-refractivity contribution in [3.63, 3.8) is 0 Å². The first-order chi connectivity index (χ1) is 12.7. The second kappa shape index (κ2) is 7.09. The summed E-state index contributed by atoms with van der Waals surface area (Å²) in [5.41, 5.74) is 2.58. The zero-order valence-electron chi connectivity index (χ0n) is 14.1. The molecule has 0 bridgehead atoms. The SMILES string of the molecule is Cc1cc(Nc2ccc(Cl)cc2)nc(Nc2ccc3c(c2)OCCO3)n1. The van der Waals surface area contributed by atoms with Gasteiger partial charge in [-0.05, 0) is 43.3 Å². The summed E-state index contributed by atoms with van der Waals surface area (Å²) >= 11 is 5.92. The molecular weight excluding hydrogens is 352 g/mol. The van der Waals surface area contributed by atoms with Crippen LogP contribution in [0.15, 0.2) is 48.5 Å². The summed E-state index contributed by atoms with van der Waals surface area (Å²) in [6, 6.07) is 15.0. The topological polar surface area (TPSA) is 68.3 Å². The summed E-state index contributed by atoms with van der Waals surface area (Å²) in [6.07, 6.45) is 0. The van der Waals surface area contributed by atoms with E-state index >= 15 is 0 Å². The maximum Gasteiger partial charge on any atom is 0.229 e. The standard InChI is InChI=1S/C19H17ClN4O2/c1-12-10-18(22-14-4-2-13(20)3-5-14)24-19(21-12)23-15-6-7-16-17(11-15)26-9-8-25-16/h2-7,10-11H,8-9H2,1H3,(H2,21,22,23,24). The average Bonchev–Trinajstić information content (AvgIpc) is 2.63. The van der Waals surface area contributed by atoms with E-state index in [1.165, 1.54) is 0 Å². The first-order valence-electron chi connectivity index (χ1n) is 8.21. The summed E-state index contributed by atoms with van der Waals surface area (Å²) in [7, 11) is 0. The van der Waals surface area contributed by atoms with E-state index in [4.69, 9.17) is 21.1 Å². The minimum atomic E-state index is 0.498. The van der Waals surface area contributed by atoms with Gasteiger partial charge in [-0.15, -0.1) is 0 Å². The van der Waals surface area contributed by atoms with E-state index in [1.54, 1.807) is 0 Å². The molecule has 7 heteroatoms. The van der Waals surface area contributed by atoms with E-state index in [0.717, 1.165) is 22.8 Å². The van der Waals surface area contributed by atoms with Gasteiger partial charge in [-0.25, -0.2) is 4.98 Å². The Hall–Kier alpha value is -2.99. The van der Waals surface area contributed by atoms with E-state index in [2.05, 4.69) is 20.6 Å². The van der Waals surface area contributed by atoms with Crippen molar-refractivity contribution < 1.29 is 9.47 Å². The average molecular weight is 369 g/mol. The molecule has 1 aromatic heterocycles. The monoisotopic (exact) mass is 368 g/mol. The van der Waals surface area contributed by atoms with Gasteiger partial charge in [0, 0.05) is 34.2 Å². The number of benzene rings is 2. The molecule has 1 aliphatic rings. The zero-order chi connectivity index (χ0) is 17.9. The minimum absolute atomic E-state index is 0.498. The minimum Gasteiger partial charge on any atom is -0.486 e. The number of fused-ring (bicyclic) bond motifs is 1. The summed E-state index contributed by atoms with van der Waals surface area (Å²) < 4.78 is 11.1. The van der Waals surface area contributed by atoms with Crippen molar-refractivity contribution in [2.75, 3.05) is 23.8 Å². The van der Waals surface area contributed by atoms with Gasteiger partial charge < -0.3 is 20.1 Å². The molecule has 0 aliphatic carbocycles. The summed E-state index contributed by atoms with van der Waals surface area (Å²) in [5.74, 6) is 2.66. The Kier molecular flexibility index (Phi) is 4.50. The van der Waals surface area contributed by atoms with Gasteiger partial charge in [0.05, 0.1) is 0 Å². The molecule has 26 heavy (non-hydrogen) atoms. The van der Waals surface area contributed by atoms with E-state index in [9.17, 15) is 0 Å². The third-order valence-corrected chi connectivity index (χ3v) is 4.02. The number of nitrogens with zero attached hydrogens (tertiary/aromatic N) is 2. The summed E-state index contributed by atoms with van der Waals surface area (Å²) in [6.45, 7) is 3.04. The van der Waals surface area contributed by atoms with Crippen molar-refractivity contribution in [3.05, 3.63) is 59.2 Å². The Morgan fingerprint density at radius 2 is 1.58 bits per heavy atom. The molecule has 132 valence electrons. The van der Waals surface area contributed by atoms with Gasteiger partial charge in [0.1, 0.15) is 19.0 Å². The van der Waals surface area contributed by atoms with Crippen molar-refractivity contribution in [2.24, 2.45) is 0 Å². The third kappa shape index (κ3) is 3.81. The molecule has 2 heterocycles. The van der Waals surface area contributed by atoms with Crippen molar-refractivity contribution in [3.8, 4) is 11.5 Å². The van der Waals surface area contributed by atoms with Crippen molar-refractivity contribution in [1.29, 1.82) is 0 Å². The van der Waals surface area contributed by atoms with Crippen molar-refractivity contribution in [1.82, 2.24) is 9.97 Å². The highest BCUT2D eigenvalue weighted by Gasteiger charge is 2.12. The third-order valence-electron chi connectivity index (χ3n) is 3.77. The molecule has 0 radical (unpaired) electrons. The fraction of sp³-hybridized carbons (Fsp3) is 0.158. The second-order valence-electron chi connectivity index (χ2n) is 5.83. The predicted molar refractivity (Wildman–Crippen MR) is 102 cm³/mol. The quantitative estimate of drug-likeness (QED) is 0.695. The number of ether oxygens (including phenoxy) is 2. The highest BCUT2D eigenvalue weighted by Crippen LogP contribution is 2.33. The number of nitrogens with one attached hydrogen (secondary N) is 2. The first-order valence-corrected chi connectivity index (χ1v) is 8.58. The lowest BCUT2D eigenvalue weighted by Gasteiger charge is -2.19. The van der Waals surface area contributed by atoms with Crippen LogP contribution in [-0.2, 0) is 0 Å². The number of anilines is 4. The number of hydrogen-bond acceptors (Lipinski definition) is 6. The molecule has 0 spiro atoms. The molecule has 2 aromatic carbocycles. The molecule has 6 nitrogen and oxygen atoms in total. The molecule has 3 aromatic rings. The highest BCUT2D eigenvalue weighted by atomic mass is 35.5. The van der Waals surface area contributed by atoms with Crippen LogP contribution in [0.1, 0.15) is 5.69 Å². The predicted octanol–water partition coefficient (Wildman–Crippen LogP) is 4.70. The van der Waals surface area contributed by atoms with Gasteiger partial charge in [-0.2, -0.15) is 4.98 Å². The normalized spacial score (nSPS) is 12.5. The van der Waals surface area contributed by atoms with Gasteiger partial charge in [-0.1, -0.05) is 11.6 Å². The van der Waals surface area contributed by atoms with E-state index in [0.29, 0.717) is 35.8 Å². The summed E-state index contributed by atoms with van der Waals surface area (Å²) in [4.78, 5) is 8.96. The van der Waals surface area contributed by atoms with Crippen molar-refractivity contribution in [2.45, 2.75) is 6.92 Å². The highest BCUT2D eigenvalue weighted by molar-refractivity contribution is 6.30. The van der Waals surface area contributed by atoms with E-state index in [1.807, 2.05) is 55.5 Å².